The SMILES string of the molecule is Cc1ccccc1-c1nnc(S[C@H](C)C(=O)NC(=O)NCc2ccccc2)n1C. The summed E-state index contributed by atoms with van der Waals surface area (Å²) >= 11 is 1.25. The quantitative estimate of drug-likeness (QED) is 0.610. The van der Waals surface area contributed by atoms with Crippen LogP contribution in [0.25, 0.3) is 11.4 Å². The molecule has 3 aromatic rings. The van der Waals surface area contributed by atoms with Gasteiger partial charge in [-0.3, -0.25) is 10.1 Å². The van der Waals surface area contributed by atoms with Gasteiger partial charge in [-0.05, 0) is 25.0 Å². The summed E-state index contributed by atoms with van der Waals surface area (Å²) in [5, 5.41) is 13.6. The van der Waals surface area contributed by atoms with Crippen molar-refractivity contribution in [1.82, 2.24) is 25.4 Å². The lowest BCUT2D eigenvalue weighted by Gasteiger charge is -2.12. The number of hydrogen-bond donors (Lipinski definition) is 2. The molecule has 0 fully saturated rings. The van der Waals surface area contributed by atoms with Gasteiger partial charge >= 0.3 is 6.03 Å². The number of benzene rings is 2. The van der Waals surface area contributed by atoms with E-state index in [0.29, 0.717) is 11.7 Å². The second-order valence-electron chi connectivity index (χ2n) is 6.60. The highest BCUT2D eigenvalue weighted by atomic mass is 32.2. The fourth-order valence-corrected chi connectivity index (χ4v) is 3.54. The molecule has 150 valence electrons. The molecule has 0 saturated carbocycles. The minimum Gasteiger partial charge on any atom is -0.334 e. The van der Waals surface area contributed by atoms with Gasteiger partial charge in [0.1, 0.15) is 0 Å². The molecule has 3 amide bonds. The van der Waals surface area contributed by atoms with Crippen LogP contribution in [0, 0.1) is 6.92 Å². The maximum atomic E-state index is 12.4. The Morgan fingerprint density at radius 3 is 2.48 bits per heavy atom. The van der Waals surface area contributed by atoms with Crippen molar-refractivity contribution in [2.45, 2.75) is 30.8 Å². The van der Waals surface area contributed by atoms with Gasteiger partial charge in [-0.15, -0.1) is 10.2 Å². The summed E-state index contributed by atoms with van der Waals surface area (Å²) in [4.78, 5) is 24.4. The van der Waals surface area contributed by atoms with Crippen molar-refractivity contribution in [2.24, 2.45) is 7.05 Å². The molecule has 0 spiro atoms. The fraction of sp³-hybridized carbons (Fsp3) is 0.238. The summed E-state index contributed by atoms with van der Waals surface area (Å²) in [6.45, 7) is 4.10. The number of urea groups is 1. The Labute approximate surface area is 173 Å². The molecular formula is C21H23N5O2S. The van der Waals surface area contributed by atoms with Crippen molar-refractivity contribution < 1.29 is 9.59 Å². The van der Waals surface area contributed by atoms with Gasteiger partial charge < -0.3 is 9.88 Å². The normalized spacial score (nSPS) is 11.7. The Balaban J connectivity index is 1.57. The summed E-state index contributed by atoms with van der Waals surface area (Å²) in [5.41, 5.74) is 3.05. The molecule has 3 rings (SSSR count). The first kappa shape index (κ1) is 20.6. The number of carbonyl (C=O) groups excluding carboxylic acids is 2. The van der Waals surface area contributed by atoms with Crippen LogP contribution in [0.2, 0.25) is 0 Å². The largest absolute Gasteiger partial charge is 0.334 e. The Bertz CT molecular complexity index is 1000. The zero-order chi connectivity index (χ0) is 20.8. The molecule has 0 bridgehead atoms. The molecule has 29 heavy (non-hydrogen) atoms. The molecule has 8 heteroatoms. The van der Waals surface area contributed by atoms with Gasteiger partial charge in [-0.25, -0.2) is 4.79 Å². The van der Waals surface area contributed by atoms with E-state index < -0.39 is 11.3 Å². The third-order valence-corrected chi connectivity index (χ3v) is 5.54. The fourth-order valence-electron chi connectivity index (χ4n) is 2.72. The van der Waals surface area contributed by atoms with Gasteiger partial charge in [0.05, 0.1) is 5.25 Å². The minimum absolute atomic E-state index is 0.352. The van der Waals surface area contributed by atoms with Crippen LogP contribution < -0.4 is 10.6 Å². The highest BCUT2D eigenvalue weighted by Gasteiger charge is 2.21. The summed E-state index contributed by atoms with van der Waals surface area (Å²) in [6.07, 6.45) is 0. The standard InChI is InChI=1S/C21H23N5O2S/c1-14-9-7-8-12-17(14)18-24-25-21(26(18)3)29-15(2)19(27)23-20(28)22-13-16-10-5-4-6-11-16/h4-12,15H,13H2,1-3H3,(H2,22,23,27,28)/t15-/m1/s1. The number of imide groups is 1. The minimum atomic E-state index is -0.523. The molecule has 0 unspecified atom stereocenters. The smallest absolute Gasteiger partial charge is 0.321 e. The number of thioether (sulfide) groups is 1. The number of amides is 3. The van der Waals surface area contributed by atoms with Crippen LogP contribution in [0.4, 0.5) is 4.79 Å². The van der Waals surface area contributed by atoms with Crippen LogP contribution in [0.5, 0.6) is 0 Å². The molecule has 2 aromatic carbocycles. The molecule has 1 atom stereocenters. The monoisotopic (exact) mass is 409 g/mol. The third-order valence-electron chi connectivity index (χ3n) is 4.40. The van der Waals surface area contributed by atoms with Crippen LogP contribution in [0.1, 0.15) is 18.1 Å². The van der Waals surface area contributed by atoms with Crippen LogP contribution in [0.15, 0.2) is 59.8 Å². The lowest BCUT2D eigenvalue weighted by atomic mass is 10.1. The lowest BCUT2D eigenvalue weighted by molar-refractivity contribution is -0.119. The van der Waals surface area contributed by atoms with Gasteiger partial charge in [0.25, 0.3) is 0 Å². The Morgan fingerprint density at radius 2 is 1.76 bits per heavy atom. The molecule has 0 aliphatic rings. The first-order valence-corrected chi connectivity index (χ1v) is 10.1. The molecule has 0 aliphatic heterocycles. The maximum absolute atomic E-state index is 12.4. The van der Waals surface area contributed by atoms with Gasteiger partial charge in [0, 0.05) is 19.2 Å². The molecule has 0 radical (unpaired) electrons. The Hall–Kier alpha value is -3.13. The molecule has 1 heterocycles. The predicted octanol–water partition coefficient (Wildman–Crippen LogP) is 3.30. The zero-order valence-corrected chi connectivity index (χ0v) is 17.4. The number of rotatable bonds is 6. The lowest BCUT2D eigenvalue weighted by Crippen LogP contribution is -2.42. The summed E-state index contributed by atoms with van der Waals surface area (Å²) in [6, 6.07) is 16.9. The van der Waals surface area contributed by atoms with Crippen molar-refractivity contribution in [3.8, 4) is 11.4 Å². The predicted molar refractivity (Wildman–Crippen MR) is 113 cm³/mol. The van der Waals surface area contributed by atoms with Gasteiger partial charge in [0.2, 0.25) is 5.91 Å². The van der Waals surface area contributed by atoms with Crippen molar-refractivity contribution >= 4 is 23.7 Å². The Morgan fingerprint density at radius 1 is 1.07 bits per heavy atom. The maximum Gasteiger partial charge on any atom is 0.321 e. The van der Waals surface area contributed by atoms with E-state index in [1.165, 1.54) is 11.8 Å². The molecule has 0 aliphatic carbocycles. The van der Waals surface area contributed by atoms with E-state index in [4.69, 9.17) is 0 Å². The van der Waals surface area contributed by atoms with Crippen LogP contribution in [-0.4, -0.2) is 32.0 Å². The highest BCUT2D eigenvalue weighted by molar-refractivity contribution is 8.00. The molecule has 0 saturated heterocycles. The van der Waals surface area contributed by atoms with Crippen molar-refractivity contribution in [3.63, 3.8) is 0 Å². The Kier molecular flexibility index (Phi) is 6.66. The first-order valence-electron chi connectivity index (χ1n) is 9.20. The van der Waals surface area contributed by atoms with E-state index in [2.05, 4.69) is 20.8 Å². The van der Waals surface area contributed by atoms with E-state index in [0.717, 1.165) is 22.5 Å². The van der Waals surface area contributed by atoms with Crippen molar-refractivity contribution in [2.75, 3.05) is 0 Å². The van der Waals surface area contributed by atoms with Crippen LogP contribution in [0.3, 0.4) is 0 Å². The third kappa shape index (κ3) is 5.23. The number of aryl methyl sites for hydroxylation is 1. The summed E-state index contributed by atoms with van der Waals surface area (Å²) in [5.74, 6) is 0.347. The summed E-state index contributed by atoms with van der Waals surface area (Å²) < 4.78 is 1.85. The number of nitrogens with one attached hydrogen (secondary N) is 2. The average molecular weight is 410 g/mol. The number of aromatic nitrogens is 3. The van der Waals surface area contributed by atoms with E-state index in [9.17, 15) is 9.59 Å². The van der Waals surface area contributed by atoms with E-state index in [-0.39, 0.29) is 5.91 Å². The van der Waals surface area contributed by atoms with Gasteiger partial charge in [-0.2, -0.15) is 0 Å². The van der Waals surface area contributed by atoms with Crippen LogP contribution >= 0.6 is 11.8 Å². The van der Waals surface area contributed by atoms with Gasteiger partial charge in [-0.1, -0.05) is 66.4 Å². The van der Waals surface area contributed by atoms with E-state index in [1.54, 1.807) is 6.92 Å². The van der Waals surface area contributed by atoms with Crippen molar-refractivity contribution in [1.29, 1.82) is 0 Å². The van der Waals surface area contributed by atoms with E-state index in [1.807, 2.05) is 73.1 Å². The number of hydrogen-bond acceptors (Lipinski definition) is 5. The first-order chi connectivity index (χ1) is 14.0. The second kappa shape index (κ2) is 9.38. The molecule has 2 N–H and O–H groups in total. The number of nitrogens with zero attached hydrogens (tertiary/aromatic N) is 3. The number of carbonyl (C=O) groups is 2. The second-order valence-corrected chi connectivity index (χ2v) is 7.91. The molecular weight excluding hydrogens is 386 g/mol. The topological polar surface area (TPSA) is 88.9 Å². The molecule has 7 nitrogen and oxygen atoms in total. The average Bonchev–Trinajstić information content (AvgIpc) is 3.07. The van der Waals surface area contributed by atoms with E-state index >= 15 is 0 Å². The summed E-state index contributed by atoms with van der Waals surface area (Å²) in [7, 11) is 1.86. The van der Waals surface area contributed by atoms with Crippen LogP contribution in [-0.2, 0) is 18.4 Å². The highest BCUT2D eigenvalue weighted by Crippen LogP contribution is 2.27. The van der Waals surface area contributed by atoms with Crippen molar-refractivity contribution in [3.05, 3.63) is 65.7 Å². The zero-order valence-electron chi connectivity index (χ0n) is 16.5. The molecule has 1 aromatic heterocycles. The van der Waals surface area contributed by atoms with Gasteiger partial charge in [0.15, 0.2) is 11.0 Å².